The molecule has 0 aliphatic rings. The first kappa shape index (κ1) is 15.1. The van der Waals surface area contributed by atoms with Gasteiger partial charge in [0.05, 0.1) is 17.4 Å². The molecule has 6 nitrogen and oxygen atoms in total. The molecule has 0 aliphatic carbocycles. The molecule has 2 aromatic carbocycles. The average Bonchev–Trinajstić information content (AvgIpc) is 3.13. The van der Waals surface area contributed by atoms with Gasteiger partial charge >= 0.3 is 0 Å². The third-order valence-electron chi connectivity index (χ3n) is 3.97. The van der Waals surface area contributed by atoms with E-state index in [0.29, 0.717) is 23.4 Å². The molecule has 0 atom stereocenters. The van der Waals surface area contributed by atoms with Gasteiger partial charge in [-0.1, -0.05) is 36.4 Å². The number of hydrogen-bond acceptors (Lipinski definition) is 4. The topological polar surface area (TPSA) is 75.6 Å². The highest BCUT2D eigenvalue weighted by atomic mass is 16.1. The van der Waals surface area contributed by atoms with Crippen LogP contribution in [0.2, 0.25) is 0 Å². The lowest BCUT2D eigenvalue weighted by molar-refractivity contribution is 0.686. The summed E-state index contributed by atoms with van der Waals surface area (Å²) in [6, 6.07) is 17.5. The maximum absolute atomic E-state index is 12.1. The number of nitrogens with zero attached hydrogens (tertiary/aromatic N) is 3. The van der Waals surface area contributed by atoms with E-state index < -0.39 is 0 Å². The van der Waals surface area contributed by atoms with Crippen LogP contribution >= 0.6 is 0 Å². The molecule has 2 N–H and O–H groups in total. The number of aromatic nitrogens is 4. The van der Waals surface area contributed by atoms with Crippen LogP contribution in [0.25, 0.3) is 10.9 Å². The van der Waals surface area contributed by atoms with E-state index in [9.17, 15) is 4.79 Å². The largest absolute Gasteiger partial charge is 0.352 e. The summed E-state index contributed by atoms with van der Waals surface area (Å²) in [6.07, 6.45) is 3.71. The number of fused-ring (bicyclic) bond motifs is 1. The van der Waals surface area contributed by atoms with Crippen molar-refractivity contribution in [2.75, 3.05) is 5.32 Å². The smallest absolute Gasteiger partial charge is 0.260 e. The van der Waals surface area contributed by atoms with Crippen LogP contribution in [0.1, 0.15) is 11.1 Å². The van der Waals surface area contributed by atoms with Gasteiger partial charge in [-0.2, -0.15) is 5.10 Å². The van der Waals surface area contributed by atoms with E-state index in [1.54, 1.807) is 12.3 Å². The molecule has 25 heavy (non-hydrogen) atoms. The molecule has 0 unspecified atom stereocenters. The maximum atomic E-state index is 12.1. The Balaban J connectivity index is 1.50. The second-order valence-corrected chi connectivity index (χ2v) is 5.81. The van der Waals surface area contributed by atoms with Gasteiger partial charge in [-0.15, -0.1) is 0 Å². The molecule has 2 aromatic heterocycles. The standard InChI is InChI=1S/C19H17N5O/c25-18-16-7-1-2-8-17(16)22-19(23-18)20-12-14-5-3-6-15(11-14)13-24-10-4-9-21-24/h1-11H,12-13H2,(H2,20,22,23,25). The van der Waals surface area contributed by atoms with Gasteiger partial charge < -0.3 is 5.32 Å². The van der Waals surface area contributed by atoms with Crippen LogP contribution in [0, 0.1) is 0 Å². The van der Waals surface area contributed by atoms with Gasteiger partial charge in [0, 0.05) is 18.9 Å². The van der Waals surface area contributed by atoms with Crippen LogP contribution in [-0.2, 0) is 13.1 Å². The van der Waals surface area contributed by atoms with Crippen LogP contribution < -0.4 is 10.9 Å². The van der Waals surface area contributed by atoms with E-state index in [2.05, 4.69) is 32.5 Å². The molecule has 0 saturated heterocycles. The molecule has 0 aliphatic heterocycles. The zero-order chi connectivity index (χ0) is 17.1. The molecule has 2 heterocycles. The van der Waals surface area contributed by atoms with Gasteiger partial charge in [0.1, 0.15) is 0 Å². The Hall–Kier alpha value is -3.41. The van der Waals surface area contributed by atoms with E-state index in [-0.39, 0.29) is 5.56 Å². The fourth-order valence-corrected chi connectivity index (χ4v) is 2.77. The van der Waals surface area contributed by atoms with Crippen molar-refractivity contribution < 1.29 is 0 Å². The quantitative estimate of drug-likeness (QED) is 0.590. The number of para-hydroxylation sites is 1. The summed E-state index contributed by atoms with van der Waals surface area (Å²) >= 11 is 0. The zero-order valence-electron chi connectivity index (χ0n) is 13.5. The van der Waals surface area contributed by atoms with E-state index >= 15 is 0 Å². The Morgan fingerprint density at radius 1 is 1.04 bits per heavy atom. The molecular weight excluding hydrogens is 314 g/mol. The van der Waals surface area contributed by atoms with Crippen molar-refractivity contribution >= 4 is 16.9 Å². The van der Waals surface area contributed by atoms with Crippen LogP contribution in [0.4, 0.5) is 5.95 Å². The van der Waals surface area contributed by atoms with E-state index in [1.807, 2.05) is 47.3 Å². The van der Waals surface area contributed by atoms with Gasteiger partial charge in [-0.25, -0.2) is 4.98 Å². The van der Waals surface area contributed by atoms with E-state index in [4.69, 9.17) is 0 Å². The Labute approximate surface area is 144 Å². The molecule has 0 fully saturated rings. The summed E-state index contributed by atoms with van der Waals surface area (Å²) in [6.45, 7) is 1.31. The summed E-state index contributed by atoms with van der Waals surface area (Å²) in [7, 11) is 0. The Morgan fingerprint density at radius 3 is 2.80 bits per heavy atom. The van der Waals surface area contributed by atoms with E-state index in [0.717, 1.165) is 12.1 Å². The van der Waals surface area contributed by atoms with Gasteiger partial charge in [0.2, 0.25) is 5.95 Å². The number of anilines is 1. The maximum Gasteiger partial charge on any atom is 0.260 e. The minimum absolute atomic E-state index is 0.138. The molecule has 0 spiro atoms. The number of hydrogen-bond donors (Lipinski definition) is 2. The molecule has 4 aromatic rings. The normalized spacial score (nSPS) is 10.9. The number of aromatic amines is 1. The Kier molecular flexibility index (Phi) is 4.00. The number of H-pyrrole nitrogens is 1. The number of nitrogens with one attached hydrogen (secondary N) is 2. The summed E-state index contributed by atoms with van der Waals surface area (Å²) in [5.74, 6) is 0.473. The van der Waals surface area contributed by atoms with Gasteiger partial charge in [-0.3, -0.25) is 14.5 Å². The van der Waals surface area contributed by atoms with Gasteiger partial charge in [-0.05, 0) is 29.3 Å². The third kappa shape index (κ3) is 3.42. The lowest BCUT2D eigenvalue weighted by atomic mass is 10.1. The second-order valence-electron chi connectivity index (χ2n) is 5.81. The van der Waals surface area contributed by atoms with Crippen LogP contribution in [0.5, 0.6) is 0 Å². The fraction of sp³-hybridized carbons (Fsp3) is 0.105. The molecular formula is C19H17N5O. The summed E-state index contributed by atoms with van der Waals surface area (Å²) in [4.78, 5) is 19.3. The molecule has 4 rings (SSSR count). The molecule has 6 heteroatoms. The van der Waals surface area contributed by atoms with Crippen molar-refractivity contribution in [2.45, 2.75) is 13.1 Å². The lowest BCUT2D eigenvalue weighted by Crippen LogP contribution is -2.13. The molecule has 0 saturated carbocycles. The Bertz CT molecular complexity index is 1050. The number of rotatable bonds is 5. The molecule has 0 bridgehead atoms. The highest BCUT2D eigenvalue weighted by molar-refractivity contribution is 5.78. The van der Waals surface area contributed by atoms with Crippen LogP contribution in [-0.4, -0.2) is 19.7 Å². The predicted octanol–water partition coefficient (Wildman–Crippen LogP) is 2.78. The third-order valence-corrected chi connectivity index (χ3v) is 3.97. The first-order valence-electron chi connectivity index (χ1n) is 8.06. The SMILES string of the molecule is O=c1[nH]c(NCc2cccc(Cn3cccn3)c2)nc2ccccc12. The minimum atomic E-state index is -0.138. The van der Waals surface area contributed by atoms with Crippen molar-refractivity contribution in [1.82, 2.24) is 19.7 Å². The molecule has 0 radical (unpaired) electrons. The van der Waals surface area contributed by atoms with Crippen molar-refractivity contribution in [3.05, 3.63) is 88.5 Å². The van der Waals surface area contributed by atoms with Crippen LogP contribution in [0.3, 0.4) is 0 Å². The first-order chi connectivity index (χ1) is 12.3. The highest BCUT2D eigenvalue weighted by Crippen LogP contribution is 2.11. The van der Waals surface area contributed by atoms with E-state index in [1.165, 1.54) is 5.56 Å². The van der Waals surface area contributed by atoms with Crippen molar-refractivity contribution in [3.8, 4) is 0 Å². The summed E-state index contributed by atoms with van der Waals surface area (Å²) in [5, 5.41) is 8.01. The highest BCUT2D eigenvalue weighted by Gasteiger charge is 2.03. The predicted molar refractivity (Wildman–Crippen MR) is 97.5 cm³/mol. The summed E-state index contributed by atoms with van der Waals surface area (Å²) < 4.78 is 1.88. The molecule has 0 amide bonds. The monoisotopic (exact) mass is 331 g/mol. The second kappa shape index (κ2) is 6.60. The van der Waals surface area contributed by atoms with Crippen molar-refractivity contribution in [2.24, 2.45) is 0 Å². The molecule has 124 valence electrons. The first-order valence-corrected chi connectivity index (χ1v) is 8.06. The number of benzene rings is 2. The lowest BCUT2D eigenvalue weighted by Gasteiger charge is -2.08. The summed E-state index contributed by atoms with van der Waals surface area (Å²) in [5.41, 5.74) is 2.82. The fourth-order valence-electron chi connectivity index (χ4n) is 2.77. The van der Waals surface area contributed by atoms with Gasteiger partial charge in [0.15, 0.2) is 0 Å². The average molecular weight is 331 g/mol. The van der Waals surface area contributed by atoms with Crippen LogP contribution in [0.15, 0.2) is 71.8 Å². The van der Waals surface area contributed by atoms with Crippen molar-refractivity contribution in [1.29, 1.82) is 0 Å². The Morgan fingerprint density at radius 2 is 1.92 bits per heavy atom. The minimum Gasteiger partial charge on any atom is -0.352 e. The zero-order valence-corrected chi connectivity index (χ0v) is 13.5. The van der Waals surface area contributed by atoms with Gasteiger partial charge in [0.25, 0.3) is 5.56 Å². The van der Waals surface area contributed by atoms with Crippen molar-refractivity contribution in [3.63, 3.8) is 0 Å².